The first-order valence-electron chi connectivity index (χ1n) is 9.57. The van der Waals surface area contributed by atoms with Crippen molar-refractivity contribution >= 4 is 51.8 Å². The number of guanidine groups is 1. The van der Waals surface area contributed by atoms with Gasteiger partial charge in [0.1, 0.15) is 0 Å². The Balaban J connectivity index is 0.00000300. The maximum Gasteiger partial charge on any atom is 0.222 e. The third-order valence-electron chi connectivity index (χ3n) is 4.99. The molecule has 0 aliphatic carbocycles. The van der Waals surface area contributed by atoms with E-state index < -0.39 is 0 Å². The average molecular weight is 571 g/mol. The molecule has 1 saturated heterocycles. The standard InChI is InChI=1S/C22H27BrN4O.HI/c1-24-22(26(2)15-17-9-11-20(23)12-10-17)25-14-18-6-3-4-7-19(18)16-27-13-5-8-21(27)28;/h3-4,6-7,9-12H,5,8,13-16H2,1-2H3,(H,24,25);1H. The Bertz CT molecular complexity index is 841. The second-order valence-corrected chi connectivity index (χ2v) is 7.99. The van der Waals surface area contributed by atoms with Crippen LogP contribution < -0.4 is 5.32 Å². The summed E-state index contributed by atoms with van der Waals surface area (Å²) in [6.45, 7) is 2.99. The van der Waals surface area contributed by atoms with Crippen LogP contribution in [0.5, 0.6) is 0 Å². The fourth-order valence-corrected chi connectivity index (χ4v) is 3.72. The van der Waals surface area contributed by atoms with Crippen LogP contribution in [0, 0.1) is 0 Å². The predicted octanol–water partition coefficient (Wildman–Crippen LogP) is 4.40. The molecule has 1 fully saturated rings. The highest BCUT2D eigenvalue weighted by atomic mass is 127. The van der Waals surface area contributed by atoms with Gasteiger partial charge in [-0.05, 0) is 35.2 Å². The van der Waals surface area contributed by atoms with Crippen LogP contribution in [0.4, 0.5) is 0 Å². The minimum atomic E-state index is 0. The molecule has 3 rings (SSSR count). The largest absolute Gasteiger partial charge is 0.352 e. The molecular formula is C22H28BrIN4O. The van der Waals surface area contributed by atoms with Gasteiger partial charge in [-0.25, -0.2) is 0 Å². The van der Waals surface area contributed by atoms with Crippen molar-refractivity contribution in [1.29, 1.82) is 0 Å². The van der Waals surface area contributed by atoms with Crippen LogP contribution in [0.3, 0.4) is 0 Å². The topological polar surface area (TPSA) is 47.9 Å². The van der Waals surface area contributed by atoms with Gasteiger partial charge in [0.2, 0.25) is 5.91 Å². The lowest BCUT2D eigenvalue weighted by Crippen LogP contribution is -2.38. The molecule has 2 aromatic rings. The lowest BCUT2D eigenvalue weighted by Gasteiger charge is -2.23. The van der Waals surface area contributed by atoms with E-state index in [2.05, 4.69) is 67.5 Å². The lowest BCUT2D eigenvalue weighted by atomic mass is 10.1. The van der Waals surface area contributed by atoms with Crippen molar-refractivity contribution in [3.8, 4) is 0 Å². The molecule has 0 spiro atoms. The molecule has 1 heterocycles. The Hall–Kier alpha value is -1.61. The van der Waals surface area contributed by atoms with Crippen LogP contribution in [0.2, 0.25) is 0 Å². The van der Waals surface area contributed by atoms with Crippen LogP contribution in [0.1, 0.15) is 29.5 Å². The van der Waals surface area contributed by atoms with E-state index in [0.29, 0.717) is 19.5 Å². The van der Waals surface area contributed by atoms with Gasteiger partial charge < -0.3 is 15.1 Å². The summed E-state index contributed by atoms with van der Waals surface area (Å²) in [5.41, 5.74) is 3.61. The Labute approximate surface area is 198 Å². The van der Waals surface area contributed by atoms with E-state index in [1.807, 2.05) is 24.1 Å². The summed E-state index contributed by atoms with van der Waals surface area (Å²) in [4.78, 5) is 20.4. The number of carbonyl (C=O) groups is 1. The molecule has 2 aromatic carbocycles. The molecule has 0 unspecified atom stereocenters. The third kappa shape index (κ3) is 6.70. The van der Waals surface area contributed by atoms with Crippen molar-refractivity contribution in [2.24, 2.45) is 4.99 Å². The number of halogens is 2. The highest BCUT2D eigenvalue weighted by Gasteiger charge is 2.21. The quantitative estimate of drug-likeness (QED) is 0.318. The van der Waals surface area contributed by atoms with Crippen LogP contribution in [0.15, 0.2) is 58.0 Å². The van der Waals surface area contributed by atoms with Gasteiger partial charge in [-0.3, -0.25) is 9.79 Å². The van der Waals surface area contributed by atoms with Gasteiger partial charge in [0, 0.05) is 51.2 Å². The molecule has 0 bridgehead atoms. The van der Waals surface area contributed by atoms with E-state index in [0.717, 1.165) is 29.9 Å². The smallest absolute Gasteiger partial charge is 0.222 e. The van der Waals surface area contributed by atoms with Crippen molar-refractivity contribution < 1.29 is 4.79 Å². The summed E-state index contributed by atoms with van der Waals surface area (Å²) in [5.74, 6) is 1.10. The number of likely N-dealkylation sites (tertiary alicyclic amines) is 1. The number of hydrogen-bond acceptors (Lipinski definition) is 2. The Morgan fingerprint density at radius 2 is 1.86 bits per heavy atom. The van der Waals surface area contributed by atoms with Crippen molar-refractivity contribution in [2.75, 3.05) is 20.6 Å². The summed E-state index contributed by atoms with van der Waals surface area (Å²) in [5, 5.41) is 3.46. The van der Waals surface area contributed by atoms with Gasteiger partial charge >= 0.3 is 0 Å². The van der Waals surface area contributed by atoms with Gasteiger partial charge in [0.25, 0.3) is 0 Å². The molecule has 29 heavy (non-hydrogen) atoms. The first kappa shape index (κ1) is 23.7. The number of rotatable bonds is 6. The average Bonchev–Trinajstić information content (AvgIpc) is 3.10. The van der Waals surface area contributed by atoms with Crippen molar-refractivity contribution in [3.63, 3.8) is 0 Å². The molecule has 1 N–H and O–H groups in total. The molecule has 0 saturated carbocycles. The van der Waals surface area contributed by atoms with Crippen LogP contribution >= 0.6 is 39.9 Å². The molecule has 0 aromatic heterocycles. The fraction of sp³-hybridized carbons (Fsp3) is 0.364. The lowest BCUT2D eigenvalue weighted by molar-refractivity contribution is -0.128. The third-order valence-corrected chi connectivity index (χ3v) is 5.52. The summed E-state index contributed by atoms with van der Waals surface area (Å²) < 4.78 is 1.08. The number of aliphatic imine (C=N–C) groups is 1. The van der Waals surface area contributed by atoms with Gasteiger partial charge in [-0.15, -0.1) is 24.0 Å². The molecule has 1 aliphatic heterocycles. The molecule has 0 radical (unpaired) electrons. The van der Waals surface area contributed by atoms with Crippen molar-refractivity contribution in [3.05, 3.63) is 69.7 Å². The SMILES string of the molecule is CN=C(NCc1ccccc1CN1CCCC1=O)N(C)Cc1ccc(Br)cc1.I. The van der Waals surface area contributed by atoms with Crippen LogP contribution in [0.25, 0.3) is 0 Å². The van der Waals surface area contributed by atoms with E-state index in [4.69, 9.17) is 0 Å². The fourth-order valence-electron chi connectivity index (χ4n) is 3.46. The maximum absolute atomic E-state index is 12.0. The van der Waals surface area contributed by atoms with Gasteiger partial charge in [-0.2, -0.15) is 0 Å². The molecule has 156 valence electrons. The van der Waals surface area contributed by atoms with E-state index in [1.165, 1.54) is 16.7 Å². The zero-order chi connectivity index (χ0) is 19.9. The number of benzene rings is 2. The molecule has 7 heteroatoms. The molecule has 1 amide bonds. The zero-order valence-electron chi connectivity index (χ0n) is 16.9. The monoisotopic (exact) mass is 570 g/mol. The van der Waals surface area contributed by atoms with Gasteiger partial charge in [0.15, 0.2) is 5.96 Å². The van der Waals surface area contributed by atoms with Gasteiger partial charge in [0.05, 0.1) is 0 Å². The zero-order valence-corrected chi connectivity index (χ0v) is 20.8. The van der Waals surface area contributed by atoms with Crippen LogP contribution in [-0.4, -0.2) is 42.3 Å². The molecule has 0 atom stereocenters. The van der Waals surface area contributed by atoms with Crippen molar-refractivity contribution in [2.45, 2.75) is 32.5 Å². The minimum Gasteiger partial charge on any atom is -0.352 e. The second-order valence-electron chi connectivity index (χ2n) is 7.07. The molecular weight excluding hydrogens is 543 g/mol. The normalized spacial score (nSPS) is 14.0. The van der Waals surface area contributed by atoms with Gasteiger partial charge in [-0.1, -0.05) is 52.3 Å². The van der Waals surface area contributed by atoms with E-state index >= 15 is 0 Å². The Kier molecular flexibility index (Phi) is 9.42. The number of hydrogen-bond donors (Lipinski definition) is 1. The number of nitrogens with zero attached hydrogens (tertiary/aromatic N) is 3. The van der Waals surface area contributed by atoms with E-state index in [1.54, 1.807) is 7.05 Å². The second kappa shape index (κ2) is 11.5. The number of nitrogens with one attached hydrogen (secondary N) is 1. The Morgan fingerprint density at radius 3 is 2.48 bits per heavy atom. The summed E-state index contributed by atoms with van der Waals surface area (Å²) in [6.07, 6.45) is 1.64. The van der Waals surface area contributed by atoms with E-state index in [-0.39, 0.29) is 29.9 Å². The summed E-state index contributed by atoms with van der Waals surface area (Å²) >= 11 is 3.47. The summed E-state index contributed by atoms with van der Waals surface area (Å²) in [6, 6.07) is 16.6. The number of amides is 1. The van der Waals surface area contributed by atoms with E-state index in [9.17, 15) is 4.79 Å². The highest BCUT2D eigenvalue weighted by molar-refractivity contribution is 14.0. The minimum absolute atomic E-state index is 0. The molecule has 5 nitrogen and oxygen atoms in total. The Morgan fingerprint density at radius 1 is 1.17 bits per heavy atom. The van der Waals surface area contributed by atoms with Crippen LogP contribution in [-0.2, 0) is 24.4 Å². The highest BCUT2D eigenvalue weighted by Crippen LogP contribution is 2.17. The summed E-state index contributed by atoms with van der Waals surface area (Å²) in [7, 11) is 3.83. The first-order chi connectivity index (χ1) is 13.6. The van der Waals surface area contributed by atoms with Crippen molar-refractivity contribution in [1.82, 2.24) is 15.1 Å². The first-order valence-corrected chi connectivity index (χ1v) is 10.4. The molecule has 1 aliphatic rings. The maximum atomic E-state index is 12.0. The predicted molar refractivity (Wildman–Crippen MR) is 132 cm³/mol. The number of carbonyl (C=O) groups excluding carboxylic acids is 1.